The maximum atomic E-state index is 11.5. The van der Waals surface area contributed by atoms with Crippen LogP contribution in [0.15, 0.2) is 10.7 Å². The zero-order chi connectivity index (χ0) is 9.84. The lowest BCUT2D eigenvalue weighted by Crippen LogP contribution is -2.33. The number of hydrogen-bond donors (Lipinski definition) is 1. The number of hydrogen-bond acceptors (Lipinski definition) is 3. The molecule has 1 rings (SSSR count). The molecular formula is C8H11BrN2O2. The summed E-state index contributed by atoms with van der Waals surface area (Å²) in [6.45, 7) is 3.62. The minimum atomic E-state index is -0.147. The highest BCUT2D eigenvalue weighted by atomic mass is 79.9. The second-order valence-electron chi connectivity index (χ2n) is 2.82. The molecule has 1 atom stereocenters. The first kappa shape index (κ1) is 10.2. The molecule has 0 aliphatic rings. The van der Waals surface area contributed by atoms with Gasteiger partial charge in [-0.25, -0.2) is 0 Å². The van der Waals surface area contributed by atoms with Gasteiger partial charge in [-0.15, -0.1) is 0 Å². The van der Waals surface area contributed by atoms with Crippen LogP contribution in [0, 0.1) is 6.92 Å². The third kappa shape index (κ3) is 2.55. The zero-order valence-corrected chi connectivity index (χ0v) is 9.09. The fraction of sp³-hybridized carbons (Fsp3) is 0.500. The van der Waals surface area contributed by atoms with E-state index in [1.54, 1.807) is 6.92 Å². The summed E-state index contributed by atoms with van der Waals surface area (Å²) >= 11 is 3.27. The second kappa shape index (κ2) is 4.41. The SMILES string of the molecule is Cc1oncc1C(=O)NC(C)CBr. The molecule has 1 unspecified atom stereocenters. The van der Waals surface area contributed by atoms with E-state index in [1.807, 2.05) is 6.92 Å². The molecular weight excluding hydrogens is 236 g/mol. The highest BCUT2D eigenvalue weighted by molar-refractivity contribution is 9.09. The molecule has 0 saturated heterocycles. The van der Waals surface area contributed by atoms with E-state index in [0.29, 0.717) is 11.3 Å². The summed E-state index contributed by atoms with van der Waals surface area (Å²) in [5.41, 5.74) is 0.493. The lowest BCUT2D eigenvalue weighted by atomic mass is 10.2. The van der Waals surface area contributed by atoms with E-state index in [2.05, 4.69) is 26.4 Å². The molecule has 1 aromatic heterocycles. The Balaban J connectivity index is 2.64. The first-order chi connectivity index (χ1) is 6.15. The van der Waals surface area contributed by atoms with Gasteiger partial charge in [0.15, 0.2) is 0 Å². The fourth-order valence-corrected chi connectivity index (χ4v) is 1.02. The van der Waals surface area contributed by atoms with Gasteiger partial charge >= 0.3 is 0 Å². The number of rotatable bonds is 3. The first-order valence-corrected chi connectivity index (χ1v) is 5.05. The van der Waals surface area contributed by atoms with Gasteiger partial charge in [-0.1, -0.05) is 21.1 Å². The van der Waals surface area contributed by atoms with Crippen LogP contribution in [0.3, 0.4) is 0 Å². The summed E-state index contributed by atoms with van der Waals surface area (Å²) in [6.07, 6.45) is 1.42. The molecule has 0 spiro atoms. The largest absolute Gasteiger partial charge is 0.361 e. The highest BCUT2D eigenvalue weighted by Gasteiger charge is 2.13. The van der Waals surface area contributed by atoms with Gasteiger partial charge < -0.3 is 9.84 Å². The number of alkyl halides is 1. The van der Waals surface area contributed by atoms with E-state index >= 15 is 0 Å². The maximum absolute atomic E-state index is 11.5. The minimum Gasteiger partial charge on any atom is -0.361 e. The molecule has 4 nitrogen and oxygen atoms in total. The van der Waals surface area contributed by atoms with Crippen LogP contribution in [0.25, 0.3) is 0 Å². The fourth-order valence-electron chi connectivity index (χ4n) is 0.857. The lowest BCUT2D eigenvalue weighted by Gasteiger charge is -2.08. The average Bonchev–Trinajstić information content (AvgIpc) is 2.51. The number of nitrogens with zero attached hydrogens (tertiary/aromatic N) is 1. The molecule has 1 heterocycles. The van der Waals surface area contributed by atoms with Crippen molar-refractivity contribution in [3.05, 3.63) is 17.5 Å². The number of aromatic nitrogens is 1. The smallest absolute Gasteiger partial charge is 0.256 e. The van der Waals surface area contributed by atoms with Gasteiger partial charge in [0.2, 0.25) is 0 Å². The Morgan fingerprint density at radius 1 is 1.85 bits per heavy atom. The highest BCUT2D eigenvalue weighted by Crippen LogP contribution is 2.05. The van der Waals surface area contributed by atoms with E-state index < -0.39 is 0 Å². The molecule has 0 aliphatic heterocycles. The van der Waals surface area contributed by atoms with E-state index in [0.717, 1.165) is 5.33 Å². The summed E-state index contributed by atoms with van der Waals surface area (Å²) in [4.78, 5) is 11.5. The standard InChI is InChI=1S/C8H11BrN2O2/c1-5(3-9)11-8(12)7-4-10-13-6(7)2/h4-5H,3H2,1-2H3,(H,11,12). The lowest BCUT2D eigenvalue weighted by molar-refractivity contribution is 0.0942. The Bertz CT molecular complexity index is 298. The summed E-state index contributed by atoms with van der Waals surface area (Å²) in [7, 11) is 0. The van der Waals surface area contributed by atoms with Crippen molar-refractivity contribution in [2.24, 2.45) is 0 Å². The minimum absolute atomic E-state index is 0.0989. The van der Waals surface area contributed by atoms with Crippen LogP contribution in [-0.2, 0) is 0 Å². The van der Waals surface area contributed by atoms with Crippen LogP contribution in [0.2, 0.25) is 0 Å². The van der Waals surface area contributed by atoms with Crippen molar-refractivity contribution in [1.82, 2.24) is 10.5 Å². The van der Waals surface area contributed by atoms with Gasteiger partial charge in [0, 0.05) is 11.4 Å². The monoisotopic (exact) mass is 246 g/mol. The predicted octanol–water partition coefficient (Wildman–Crippen LogP) is 1.50. The molecule has 0 bridgehead atoms. The number of carbonyl (C=O) groups is 1. The number of amides is 1. The molecule has 13 heavy (non-hydrogen) atoms. The van der Waals surface area contributed by atoms with Crippen LogP contribution in [0.1, 0.15) is 23.0 Å². The summed E-state index contributed by atoms with van der Waals surface area (Å²) < 4.78 is 4.78. The normalized spacial score (nSPS) is 12.5. The summed E-state index contributed by atoms with van der Waals surface area (Å²) in [5.74, 6) is 0.393. The second-order valence-corrected chi connectivity index (χ2v) is 3.47. The van der Waals surface area contributed by atoms with Crippen molar-refractivity contribution in [1.29, 1.82) is 0 Å². The molecule has 0 aromatic carbocycles. The van der Waals surface area contributed by atoms with E-state index in [9.17, 15) is 4.79 Å². The van der Waals surface area contributed by atoms with Crippen LogP contribution in [0.4, 0.5) is 0 Å². The Kier molecular flexibility index (Phi) is 3.48. The van der Waals surface area contributed by atoms with Gasteiger partial charge in [-0.2, -0.15) is 0 Å². The Morgan fingerprint density at radius 3 is 3.00 bits per heavy atom. The molecule has 72 valence electrons. The number of carbonyl (C=O) groups excluding carboxylic acids is 1. The third-order valence-electron chi connectivity index (χ3n) is 1.60. The Morgan fingerprint density at radius 2 is 2.54 bits per heavy atom. The van der Waals surface area contributed by atoms with Gasteiger partial charge in [-0.3, -0.25) is 4.79 Å². The van der Waals surface area contributed by atoms with Crippen LogP contribution >= 0.6 is 15.9 Å². The van der Waals surface area contributed by atoms with Crippen molar-refractivity contribution < 1.29 is 9.32 Å². The van der Waals surface area contributed by atoms with Crippen molar-refractivity contribution in [2.45, 2.75) is 19.9 Å². The molecule has 0 radical (unpaired) electrons. The average molecular weight is 247 g/mol. The maximum Gasteiger partial charge on any atom is 0.256 e. The first-order valence-electron chi connectivity index (χ1n) is 3.93. The van der Waals surface area contributed by atoms with Crippen molar-refractivity contribution in [2.75, 3.05) is 5.33 Å². The van der Waals surface area contributed by atoms with Crippen molar-refractivity contribution >= 4 is 21.8 Å². The number of nitrogens with one attached hydrogen (secondary N) is 1. The number of halogens is 1. The summed E-state index contributed by atoms with van der Waals surface area (Å²) in [6, 6.07) is 0.0989. The van der Waals surface area contributed by atoms with Crippen LogP contribution < -0.4 is 5.32 Å². The Hall–Kier alpha value is -0.840. The van der Waals surface area contributed by atoms with Gasteiger partial charge in [0.05, 0.1) is 6.20 Å². The van der Waals surface area contributed by atoms with Crippen LogP contribution in [0.5, 0.6) is 0 Å². The zero-order valence-electron chi connectivity index (χ0n) is 7.50. The molecule has 0 saturated carbocycles. The third-order valence-corrected chi connectivity index (χ3v) is 2.58. The molecule has 0 fully saturated rings. The quantitative estimate of drug-likeness (QED) is 0.823. The van der Waals surface area contributed by atoms with Gasteiger partial charge in [0.1, 0.15) is 11.3 Å². The topological polar surface area (TPSA) is 55.1 Å². The van der Waals surface area contributed by atoms with Crippen LogP contribution in [-0.4, -0.2) is 22.4 Å². The molecule has 1 N–H and O–H groups in total. The van der Waals surface area contributed by atoms with Gasteiger partial charge in [0.25, 0.3) is 5.91 Å². The van der Waals surface area contributed by atoms with E-state index in [-0.39, 0.29) is 11.9 Å². The Labute approximate surface area is 84.8 Å². The molecule has 1 aromatic rings. The van der Waals surface area contributed by atoms with Gasteiger partial charge in [-0.05, 0) is 13.8 Å². The molecule has 0 aliphatic carbocycles. The summed E-state index contributed by atoms with van der Waals surface area (Å²) in [5, 5.41) is 7.04. The van der Waals surface area contributed by atoms with Crippen molar-refractivity contribution in [3.63, 3.8) is 0 Å². The van der Waals surface area contributed by atoms with E-state index in [4.69, 9.17) is 4.52 Å². The predicted molar refractivity (Wildman–Crippen MR) is 52.0 cm³/mol. The number of aryl methyl sites for hydroxylation is 1. The van der Waals surface area contributed by atoms with E-state index in [1.165, 1.54) is 6.20 Å². The molecule has 5 heteroatoms. The van der Waals surface area contributed by atoms with Crippen molar-refractivity contribution in [3.8, 4) is 0 Å². The molecule has 1 amide bonds.